The number of aromatic amines is 1. The van der Waals surface area contributed by atoms with Crippen molar-refractivity contribution in [2.24, 2.45) is 0 Å². The highest BCUT2D eigenvalue weighted by atomic mass is 35.5. The molecule has 0 radical (unpaired) electrons. The SMILES string of the molecule is O=c1ccc(-c2c(Cl)cccc2Cl)n[nH]1. The average molecular weight is 241 g/mol. The van der Waals surface area contributed by atoms with Crippen molar-refractivity contribution >= 4 is 23.2 Å². The van der Waals surface area contributed by atoms with Crippen LogP contribution in [0.1, 0.15) is 0 Å². The lowest BCUT2D eigenvalue weighted by Gasteiger charge is -2.04. The molecule has 3 nitrogen and oxygen atoms in total. The predicted molar refractivity (Wildman–Crippen MR) is 60.3 cm³/mol. The predicted octanol–water partition coefficient (Wildman–Crippen LogP) is 2.74. The molecule has 0 saturated carbocycles. The second-order valence-electron chi connectivity index (χ2n) is 2.90. The van der Waals surface area contributed by atoms with Crippen molar-refractivity contribution in [1.29, 1.82) is 0 Å². The lowest BCUT2D eigenvalue weighted by Crippen LogP contribution is -2.05. The number of hydrogen-bond donors (Lipinski definition) is 1. The minimum Gasteiger partial charge on any atom is -0.268 e. The second kappa shape index (κ2) is 4.04. The Bertz CT molecular complexity index is 511. The van der Waals surface area contributed by atoms with E-state index >= 15 is 0 Å². The summed E-state index contributed by atoms with van der Waals surface area (Å²) in [6.07, 6.45) is 0. The van der Waals surface area contributed by atoms with E-state index in [4.69, 9.17) is 23.2 Å². The van der Waals surface area contributed by atoms with Crippen molar-refractivity contribution in [3.05, 3.63) is 50.7 Å². The van der Waals surface area contributed by atoms with Gasteiger partial charge in [-0.1, -0.05) is 29.3 Å². The summed E-state index contributed by atoms with van der Waals surface area (Å²) < 4.78 is 0. The summed E-state index contributed by atoms with van der Waals surface area (Å²) in [5.41, 5.74) is 0.907. The van der Waals surface area contributed by atoms with E-state index in [1.165, 1.54) is 6.07 Å². The Morgan fingerprint density at radius 1 is 1.07 bits per heavy atom. The van der Waals surface area contributed by atoms with Crippen LogP contribution in [0.2, 0.25) is 10.0 Å². The molecule has 2 aromatic rings. The van der Waals surface area contributed by atoms with Crippen molar-refractivity contribution < 1.29 is 0 Å². The first-order valence-electron chi connectivity index (χ1n) is 4.18. The van der Waals surface area contributed by atoms with Crippen molar-refractivity contribution in [2.45, 2.75) is 0 Å². The van der Waals surface area contributed by atoms with E-state index in [2.05, 4.69) is 10.2 Å². The second-order valence-corrected chi connectivity index (χ2v) is 3.72. The summed E-state index contributed by atoms with van der Waals surface area (Å²) in [7, 11) is 0. The van der Waals surface area contributed by atoms with E-state index in [-0.39, 0.29) is 5.56 Å². The minimum atomic E-state index is -0.262. The van der Waals surface area contributed by atoms with E-state index in [1.54, 1.807) is 24.3 Å². The van der Waals surface area contributed by atoms with Crippen LogP contribution in [-0.4, -0.2) is 10.2 Å². The molecule has 1 aromatic heterocycles. The Labute approximate surface area is 95.7 Å². The van der Waals surface area contributed by atoms with Crippen LogP contribution in [0.15, 0.2) is 35.1 Å². The summed E-state index contributed by atoms with van der Waals surface area (Å²) in [6.45, 7) is 0. The molecule has 1 aromatic carbocycles. The first-order valence-corrected chi connectivity index (χ1v) is 4.94. The number of rotatable bonds is 1. The normalized spacial score (nSPS) is 10.3. The molecule has 1 heterocycles. The minimum absolute atomic E-state index is 0.262. The van der Waals surface area contributed by atoms with Crippen molar-refractivity contribution in [1.82, 2.24) is 10.2 Å². The molecule has 0 fully saturated rings. The van der Waals surface area contributed by atoms with Crippen molar-refractivity contribution in [3.63, 3.8) is 0 Å². The van der Waals surface area contributed by atoms with Crippen LogP contribution in [0.5, 0.6) is 0 Å². The topological polar surface area (TPSA) is 45.8 Å². The monoisotopic (exact) mass is 240 g/mol. The van der Waals surface area contributed by atoms with Gasteiger partial charge in [0.2, 0.25) is 0 Å². The Kier molecular flexibility index (Phi) is 2.75. The smallest absolute Gasteiger partial charge is 0.264 e. The number of hydrogen-bond acceptors (Lipinski definition) is 2. The molecule has 76 valence electrons. The molecule has 0 amide bonds. The van der Waals surface area contributed by atoms with E-state index in [1.807, 2.05) is 0 Å². The zero-order chi connectivity index (χ0) is 10.8. The summed E-state index contributed by atoms with van der Waals surface area (Å²) in [4.78, 5) is 10.8. The average Bonchev–Trinajstić information content (AvgIpc) is 2.20. The van der Waals surface area contributed by atoms with Gasteiger partial charge in [0.1, 0.15) is 0 Å². The van der Waals surface area contributed by atoms with Gasteiger partial charge in [0.05, 0.1) is 15.7 Å². The van der Waals surface area contributed by atoms with Crippen LogP contribution in [0.4, 0.5) is 0 Å². The molecule has 0 unspecified atom stereocenters. The van der Waals surface area contributed by atoms with E-state index in [9.17, 15) is 4.79 Å². The Morgan fingerprint density at radius 3 is 2.27 bits per heavy atom. The number of H-pyrrole nitrogens is 1. The van der Waals surface area contributed by atoms with E-state index < -0.39 is 0 Å². The number of halogens is 2. The van der Waals surface area contributed by atoms with Crippen LogP contribution in [0.25, 0.3) is 11.3 Å². The third-order valence-electron chi connectivity index (χ3n) is 1.90. The molecular formula is C10H6Cl2N2O. The van der Waals surface area contributed by atoms with E-state index in [0.29, 0.717) is 21.3 Å². The number of aromatic nitrogens is 2. The van der Waals surface area contributed by atoms with Gasteiger partial charge >= 0.3 is 0 Å². The zero-order valence-electron chi connectivity index (χ0n) is 7.50. The Balaban J connectivity index is 2.63. The van der Waals surface area contributed by atoms with Gasteiger partial charge in [-0.25, -0.2) is 5.10 Å². The first kappa shape index (κ1) is 10.2. The van der Waals surface area contributed by atoms with Gasteiger partial charge in [0.15, 0.2) is 0 Å². The third-order valence-corrected chi connectivity index (χ3v) is 2.53. The lowest BCUT2D eigenvalue weighted by atomic mass is 10.1. The molecule has 0 aliphatic carbocycles. The lowest BCUT2D eigenvalue weighted by molar-refractivity contribution is 0.995. The molecule has 5 heteroatoms. The highest BCUT2D eigenvalue weighted by Crippen LogP contribution is 2.32. The fraction of sp³-hybridized carbons (Fsp3) is 0. The zero-order valence-corrected chi connectivity index (χ0v) is 9.01. The van der Waals surface area contributed by atoms with Gasteiger partial charge in [0, 0.05) is 11.6 Å². The maximum absolute atomic E-state index is 10.8. The van der Waals surface area contributed by atoms with Gasteiger partial charge in [0.25, 0.3) is 5.56 Å². The van der Waals surface area contributed by atoms with Crippen LogP contribution in [0.3, 0.4) is 0 Å². The standard InChI is InChI=1S/C10H6Cl2N2O/c11-6-2-1-3-7(12)10(6)8-4-5-9(15)14-13-8/h1-5H,(H,14,15). The van der Waals surface area contributed by atoms with Gasteiger partial charge in [-0.2, -0.15) is 5.10 Å². The molecule has 0 aliphatic rings. The maximum atomic E-state index is 10.8. The quantitative estimate of drug-likeness (QED) is 0.834. The third kappa shape index (κ3) is 2.03. The Hall–Kier alpha value is -1.32. The molecule has 0 spiro atoms. The maximum Gasteiger partial charge on any atom is 0.264 e. The number of nitrogens with one attached hydrogen (secondary N) is 1. The number of benzene rings is 1. The summed E-state index contributed by atoms with van der Waals surface area (Å²) >= 11 is 12.0. The fourth-order valence-electron chi connectivity index (χ4n) is 1.23. The van der Waals surface area contributed by atoms with Gasteiger partial charge in [-0.3, -0.25) is 4.79 Å². The van der Waals surface area contributed by atoms with Crippen LogP contribution >= 0.6 is 23.2 Å². The van der Waals surface area contributed by atoms with Gasteiger partial charge in [-0.15, -0.1) is 0 Å². The van der Waals surface area contributed by atoms with Crippen LogP contribution in [-0.2, 0) is 0 Å². The summed E-state index contributed by atoms with van der Waals surface area (Å²) in [5.74, 6) is 0. The summed E-state index contributed by atoms with van der Waals surface area (Å²) in [5, 5.41) is 7.20. The van der Waals surface area contributed by atoms with Crippen LogP contribution in [0, 0.1) is 0 Å². The largest absolute Gasteiger partial charge is 0.268 e. The molecule has 0 saturated heterocycles. The van der Waals surface area contributed by atoms with Gasteiger partial charge < -0.3 is 0 Å². The first-order chi connectivity index (χ1) is 7.18. The summed E-state index contributed by atoms with van der Waals surface area (Å²) in [6, 6.07) is 8.14. The number of nitrogens with zero attached hydrogens (tertiary/aromatic N) is 1. The molecular weight excluding hydrogens is 235 g/mol. The fourth-order valence-corrected chi connectivity index (χ4v) is 1.82. The van der Waals surface area contributed by atoms with Crippen molar-refractivity contribution in [3.8, 4) is 11.3 Å². The molecule has 0 aliphatic heterocycles. The van der Waals surface area contributed by atoms with Crippen LogP contribution < -0.4 is 5.56 Å². The molecule has 0 atom stereocenters. The molecule has 0 bridgehead atoms. The molecule has 2 rings (SSSR count). The highest BCUT2D eigenvalue weighted by Gasteiger charge is 2.08. The molecule has 1 N–H and O–H groups in total. The highest BCUT2D eigenvalue weighted by molar-refractivity contribution is 6.39. The Morgan fingerprint density at radius 2 is 1.73 bits per heavy atom. The molecule has 15 heavy (non-hydrogen) atoms. The van der Waals surface area contributed by atoms with E-state index in [0.717, 1.165) is 0 Å². The van der Waals surface area contributed by atoms with Crippen molar-refractivity contribution in [2.75, 3.05) is 0 Å². The van der Waals surface area contributed by atoms with Gasteiger partial charge in [-0.05, 0) is 18.2 Å².